The van der Waals surface area contributed by atoms with E-state index < -0.39 is 15.9 Å². The summed E-state index contributed by atoms with van der Waals surface area (Å²) in [4.78, 5) is 31.3. The Morgan fingerprint density at radius 2 is 1.81 bits per heavy atom. The number of thiazole rings is 1. The molecule has 1 aromatic carbocycles. The lowest BCUT2D eigenvalue weighted by Crippen LogP contribution is -2.42. The number of carbonyl (C=O) groups is 2. The van der Waals surface area contributed by atoms with E-state index in [0.717, 1.165) is 24.1 Å². The van der Waals surface area contributed by atoms with Gasteiger partial charge in [-0.05, 0) is 45.9 Å². The number of carbonyl (C=O) groups excluding carboxylic acids is 2. The number of amides is 2. The highest BCUT2D eigenvalue weighted by Gasteiger charge is 2.16. The minimum absolute atomic E-state index is 0.230. The van der Waals surface area contributed by atoms with Gasteiger partial charge in [0.2, 0.25) is 10.0 Å². The molecule has 2 aromatic rings. The van der Waals surface area contributed by atoms with E-state index in [-0.39, 0.29) is 28.0 Å². The summed E-state index contributed by atoms with van der Waals surface area (Å²) < 4.78 is 25.0. The molecule has 2 amide bonds. The largest absolute Gasteiger partial charge is 0.349 e. The van der Waals surface area contributed by atoms with Crippen LogP contribution in [-0.2, 0) is 10.0 Å². The van der Waals surface area contributed by atoms with Gasteiger partial charge < -0.3 is 5.32 Å². The first-order valence-corrected chi connectivity index (χ1v) is 12.6. The maximum absolute atomic E-state index is 12.5. The molecule has 0 atom stereocenters. The molecule has 9 nitrogen and oxygen atoms in total. The molecule has 170 valence electrons. The lowest BCUT2D eigenvalue weighted by atomic mass is 10.2. The van der Waals surface area contributed by atoms with E-state index in [9.17, 15) is 18.0 Å². The molecule has 0 spiro atoms. The minimum Gasteiger partial charge on any atom is -0.349 e. The Morgan fingerprint density at radius 3 is 2.42 bits per heavy atom. The van der Waals surface area contributed by atoms with Crippen LogP contribution in [0.3, 0.4) is 0 Å². The van der Waals surface area contributed by atoms with Gasteiger partial charge in [-0.2, -0.15) is 0 Å². The molecule has 2 rings (SSSR count). The van der Waals surface area contributed by atoms with Gasteiger partial charge in [0.1, 0.15) is 5.69 Å². The number of nitrogens with zero attached hydrogens (tertiary/aromatic N) is 2. The van der Waals surface area contributed by atoms with Crippen molar-refractivity contribution in [2.75, 3.05) is 29.4 Å². The highest BCUT2D eigenvalue weighted by atomic mass is 32.2. The topological polar surface area (TPSA) is 120 Å². The Labute approximate surface area is 187 Å². The van der Waals surface area contributed by atoms with Gasteiger partial charge in [-0.25, -0.2) is 13.4 Å². The number of hydrogen-bond donors (Lipinski definition) is 3. The Balaban J connectivity index is 1.94. The predicted octanol–water partition coefficient (Wildman–Crippen LogP) is 2.62. The summed E-state index contributed by atoms with van der Waals surface area (Å²) in [7, 11) is -3.45. The van der Waals surface area contributed by atoms with Crippen molar-refractivity contribution in [1.29, 1.82) is 0 Å². The van der Waals surface area contributed by atoms with Crippen molar-refractivity contribution in [3.05, 3.63) is 40.9 Å². The van der Waals surface area contributed by atoms with Gasteiger partial charge in [0.05, 0.1) is 6.26 Å². The zero-order valence-corrected chi connectivity index (χ0v) is 19.9. The zero-order valence-electron chi connectivity index (χ0n) is 18.3. The van der Waals surface area contributed by atoms with Gasteiger partial charge in [0, 0.05) is 41.8 Å². The quantitative estimate of drug-likeness (QED) is 0.494. The van der Waals surface area contributed by atoms with Crippen LogP contribution in [0.1, 0.15) is 48.5 Å². The molecule has 0 aliphatic carbocycles. The third-order valence-corrected chi connectivity index (χ3v) is 5.73. The van der Waals surface area contributed by atoms with Crippen LogP contribution in [0.2, 0.25) is 0 Å². The predicted molar refractivity (Wildman–Crippen MR) is 124 cm³/mol. The van der Waals surface area contributed by atoms with Crippen LogP contribution >= 0.6 is 11.3 Å². The highest BCUT2D eigenvalue weighted by molar-refractivity contribution is 7.92. The van der Waals surface area contributed by atoms with Gasteiger partial charge in [0.15, 0.2) is 5.13 Å². The van der Waals surface area contributed by atoms with E-state index in [1.807, 2.05) is 0 Å². The van der Waals surface area contributed by atoms with Gasteiger partial charge >= 0.3 is 0 Å². The van der Waals surface area contributed by atoms with E-state index in [4.69, 9.17) is 0 Å². The third-order valence-electron chi connectivity index (χ3n) is 4.37. The van der Waals surface area contributed by atoms with Gasteiger partial charge in [-0.3, -0.25) is 24.5 Å². The first-order chi connectivity index (χ1) is 14.5. The van der Waals surface area contributed by atoms with Crippen LogP contribution in [0.5, 0.6) is 0 Å². The van der Waals surface area contributed by atoms with Crippen molar-refractivity contribution in [3.63, 3.8) is 0 Å². The lowest BCUT2D eigenvalue weighted by Gasteiger charge is -2.30. The SMILES string of the molecule is CC(C)N(CCNC(=O)c1csc(NC(=O)c2cccc(NS(C)(=O)=O)c2)n1)C(C)C. The standard InChI is InChI=1S/C20H29N5O4S2/c1-13(2)25(14(3)4)10-9-21-19(27)17-12-30-20(22-17)23-18(26)15-7-6-8-16(11-15)24-31(5,28)29/h6-8,11-14,24H,9-10H2,1-5H3,(H,21,27)(H,22,23,26). The fourth-order valence-electron chi connectivity index (χ4n) is 3.04. The molecule has 0 aliphatic rings. The molecular formula is C20H29N5O4S2. The molecular weight excluding hydrogens is 438 g/mol. The summed E-state index contributed by atoms with van der Waals surface area (Å²) in [6, 6.07) is 6.85. The maximum Gasteiger partial charge on any atom is 0.270 e. The van der Waals surface area contributed by atoms with Crippen LogP contribution in [0, 0.1) is 0 Å². The Hall–Kier alpha value is -2.50. The number of nitrogens with one attached hydrogen (secondary N) is 3. The van der Waals surface area contributed by atoms with Crippen molar-refractivity contribution in [1.82, 2.24) is 15.2 Å². The van der Waals surface area contributed by atoms with Crippen molar-refractivity contribution in [2.24, 2.45) is 0 Å². The summed E-state index contributed by atoms with van der Waals surface area (Å²) in [6.07, 6.45) is 1.03. The molecule has 1 heterocycles. The Morgan fingerprint density at radius 1 is 1.13 bits per heavy atom. The summed E-state index contributed by atoms with van der Waals surface area (Å²) >= 11 is 1.14. The van der Waals surface area contributed by atoms with Crippen molar-refractivity contribution >= 4 is 44.0 Å². The smallest absolute Gasteiger partial charge is 0.270 e. The lowest BCUT2D eigenvalue weighted by molar-refractivity contribution is 0.0934. The number of sulfonamides is 1. The molecule has 3 N–H and O–H groups in total. The van der Waals surface area contributed by atoms with E-state index >= 15 is 0 Å². The molecule has 1 aromatic heterocycles. The Bertz CT molecular complexity index is 1010. The van der Waals surface area contributed by atoms with E-state index in [0.29, 0.717) is 18.6 Å². The normalized spacial score (nSPS) is 11.7. The molecule has 0 bridgehead atoms. The summed E-state index contributed by atoms with van der Waals surface area (Å²) in [5.74, 6) is -0.758. The number of aromatic nitrogens is 1. The fraction of sp³-hybridized carbons (Fsp3) is 0.450. The number of hydrogen-bond acceptors (Lipinski definition) is 7. The zero-order chi connectivity index (χ0) is 23.2. The second-order valence-electron chi connectivity index (χ2n) is 7.63. The molecule has 0 saturated carbocycles. The monoisotopic (exact) mass is 467 g/mol. The van der Waals surface area contributed by atoms with E-state index in [1.165, 1.54) is 6.07 Å². The van der Waals surface area contributed by atoms with Crippen LogP contribution in [-0.4, -0.2) is 61.5 Å². The number of benzene rings is 1. The maximum atomic E-state index is 12.5. The molecule has 0 fully saturated rings. The second kappa shape index (κ2) is 10.7. The van der Waals surface area contributed by atoms with Crippen LogP contribution in [0.25, 0.3) is 0 Å². The molecule has 31 heavy (non-hydrogen) atoms. The second-order valence-corrected chi connectivity index (χ2v) is 10.2. The number of anilines is 2. The van der Waals surface area contributed by atoms with E-state index in [2.05, 4.69) is 52.9 Å². The van der Waals surface area contributed by atoms with E-state index in [1.54, 1.807) is 23.6 Å². The Kier molecular flexibility index (Phi) is 8.54. The molecule has 11 heteroatoms. The third kappa shape index (κ3) is 7.93. The van der Waals surface area contributed by atoms with Crippen LogP contribution in [0.15, 0.2) is 29.6 Å². The first kappa shape index (κ1) is 24.8. The molecule has 0 aliphatic heterocycles. The van der Waals surface area contributed by atoms with Gasteiger partial charge in [-0.1, -0.05) is 6.07 Å². The highest BCUT2D eigenvalue weighted by Crippen LogP contribution is 2.18. The molecule has 0 radical (unpaired) electrons. The summed E-state index contributed by atoms with van der Waals surface area (Å²) in [5, 5.41) is 7.34. The summed E-state index contributed by atoms with van der Waals surface area (Å²) in [6.45, 7) is 9.68. The molecule has 0 saturated heterocycles. The number of rotatable bonds is 10. The van der Waals surface area contributed by atoms with Crippen LogP contribution < -0.4 is 15.4 Å². The van der Waals surface area contributed by atoms with Gasteiger partial charge in [-0.15, -0.1) is 11.3 Å². The average molecular weight is 468 g/mol. The molecule has 0 unspecified atom stereocenters. The summed E-state index contributed by atoms with van der Waals surface area (Å²) in [5.41, 5.74) is 0.775. The van der Waals surface area contributed by atoms with Gasteiger partial charge in [0.25, 0.3) is 11.8 Å². The van der Waals surface area contributed by atoms with Crippen molar-refractivity contribution in [2.45, 2.75) is 39.8 Å². The first-order valence-electron chi connectivity index (χ1n) is 9.85. The van der Waals surface area contributed by atoms with Crippen LogP contribution in [0.4, 0.5) is 10.8 Å². The van der Waals surface area contributed by atoms with Crippen molar-refractivity contribution in [3.8, 4) is 0 Å². The average Bonchev–Trinajstić information content (AvgIpc) is 3.11. The minimum atomic E-state index is -3.45. The van der Waals surface area contributed by atoms with Crippen molar-refractivity contribution < 1.29 is 18.0 Å². The fourth-order valence-corrected chi connectivity index (χ4v) is 4.29.